The predicted molar refractivity (Wildman–Crippen MR) is 46.1 cm³/mol. The topological polar surface area (TPSA) is 38.0 Å². The summed E-state index contributed by atoms with van der Waals surface area (Å²) in [5, 5.41) is 2.60. The summed E-state index contributed by atoms with van der Waals surface area (Å²) < 4.78 is 35.0. The quantitative estimate of drug-likeness (QED) is 0.679. The first kappa shape index (κ1) is 12.3. The lowest BCUT2D eigenvalue weighted by molar-refractivity contribution is -0.133. The van der Waals surface area contributed by atoms with Gasteiger partial charge in [-0.15, -0.1) is 0 Å². The van der Waals surface area contributed by atoms with E-state index in [0.717, 1.165) is 6.42 Å². The number of halogens is 3. The molecule has 0 spiro atoms. The maximum absolute atomic E-state index is 11.7. The van der Waals surface area contributed by atoms with Gasteiger partial charge in [0.25, 0.3) is 0 Å². The molecule has 3 N–H and O–H groups in total. The van der Waals surface area contributed by atoms with Crippen LogP contribution in [0.3, 0.4) is 0 Å². The summed E-state index contributed by atoms with van der Waals surface area (Å²) in [5.74, 6) is 0. The van der Waals surface area contributed by atoms with E-state index in [9.17, 15) is 13.2 Å². The van der Waals surface area contributed by atoms with E-state index in [4.69, 9.17) is 5.73 Å². The molecule has 0 amide bonds. The molecule has 0 aliphatic heterocycles. The molecule has 0 radical (unpaired) electrons. The molecular formula is C8H15F3N2. The zero-order valence-electron chi connectivity index (χ0n) is 7.45. The van der Waals surface area contributed by atoms with Crippen molar-refractivity contribution >= 4 is 0 Å². The number of nitrogens with one attached hydrogen (secondary N) is 1. The molecule has 0 bridgehead atoms. The molecule has 5 heteroatoms. The van der Waals surface area contributed by atoms with Crippen LogP contribution in [0.15, 0.2) is 12.3 Å². The lowest BCUT2D eigenvalue weighted by Crippen LogP contribution is -2.21. The molecule has 13 heavy (non-hydrogen) atoms. The Morgan fingerprint density at radius 3 is 2.46 bits per heavy atom. The fraction of sp³-hybridized carbons (Fsp3) is 0.750. The molecule has 2 nitrogen and oxygen atoms in total. The molecule has 0 saturated heterocycles. The Labute approximate surface area is 76.0 Å². The molecule has 0 aliphatic rings. The van der Waals surface area contributed by atoms with E-state index in [-0.39, 0.29) is 6.54 Å². The van der Waals surface area contributed by atoms with Crippen LogP contribution < -0.4 is 11.1 Å². The normalized spacial score (nSPS) is 11.4. The highest BCUT2D eigenvalue weighted by molar-refractivity contribution is 4.90. The summed E-state index contributed by atoms with van der Waals surface area (Å²) in [4.78, 5) is 0. The molecule has 0 aliphatic carbocycles. The zero-order valence-corrected chi connectivity index (χ0v) is 7.45. The van der Waals surface area contributed by atoms with Crippen molar-refractivity contribution in [2.75, 3.05) is 13.1 Å². The van der Waals surface area contributed by atoms with E-state index in [0.29, 0.717) is 18.7 Å². The van der Waals surface area contributed by atoms with Gasteiger partial charge in [-0.3, -0.25) is 0 Å². The summed E-state index contributed by atoms with van der Waals surface area (Å²) in [6.45, 7) is 4.00. The largest absolute Gasteiger partial charge is 0.390 e. The van der Waals surface area contributed by atoms with Crippen LogP contribution in [-0.4, -0.2) is 19.3 Å². The Kier molecular flexibility index (Phi) is 5.53. The van der Waals surface area contributed by atoms with E-state index in [1.165, 1.54) is 0 Å². The zero-order chi connectivity index (χ0) is 10.3. The summed E-state index contributed by atoms with van der Waals surface area (Å²) in [5.41, 5.74) is 5.85. The summed E-state index contributed by atoms with van der Waals surface area (Å²) in [6.07, 6.45) is -3.54. The predicted octanol–water partition coefficient (Wildman–Crippen LogP) is 1.78. The van der Waals surface area contributed by atoms with Crippen molar-refractivity contribution in [3.05, 3.63) is 12.3 Å². The van der Waals surface area contributed by atoms with Gasteiger partial charge in [-0.25, -0.2) is 0 Å². The van der Waals surface area contributed by atoms with Crippen LogP contribution in [0.4, 0.5) is 13.2 Å². The van der Waals surface area contributed by atoms with Crippen molar-refractivity contribution in [2.24, 2.45) is 5.73 Å². The van der Waals surface area contributed by atoms with Gasteiger partial charge >= 0.3 is 6.18 Å². The third kappa shape index (κ3) is 9.20. The minimum atomic E-state index is -4.10. The van der Waals surface area contributed by atoms with Gasteiger partial charge in [0.2, 0.25) is 0 Å². The van der Waals surface area contributed by atoms with Gasteiger partial charge in [0, 0.05) is 12.2 Å². The molecule has 0 atom stereocenters. The van der Waals surface area contributed by atoms with Crippen molar-refractivity contribution < 1.29 is 13.2 Å². The second-order valence-corrected chi connectivity index (χ2v) is 2.79. The van der Waals surface area contributed by atoms with E-state index >= 15 is 0 Å². The highest BCUT2D eigenvalue weighted by Crippen LogP contribution is 2.18. The third-order valence-corrected chi connectivity index (χ3v) is 1.47. The van der Waals surface area contributed by atoms with Gasteiger partial charge in [0.15, 0.2) is 0 Å². The molecule has 0 aromatic carbocycles. The monoisotopic (exact) mass is 196 g/mol. The lowest BCUT2D eigenvalue weighted by atomic mass is 10.2. The minimum Gasteiger partial charge on any atom is -0.388 e. The Hall–Kier alpha value is -0.710. The summed E-state index contributed by atoms with van der Waals surface area (Å²) in [6, 6.07) is 0. The van der Waals surface area contributed by atoms with Crippen LogP contribution in [0.5, 0.6) is 0 Å². The Balaban J connectivity index is 3.37. The Bertz CT molecular complexity index is 154. The third-order valence-electron chi connectivity index (χ3n) is 1.47. The van der Waals surface area contributed by atoms with Crippen LogP contribution >= 0.6 is 0 Å². The van der Waals surface area contributed by atoms with E-state index in [2.05, 4.69) is 11.9 Å². The highest BCUT2D eigenvalue weighted by atomic mass is 19.4. The van der Waals surface area contributed by atoms with Gasteiger partial charge < -0.3 is 11.1 Å². The number of nitrogens with two attached hydrogens (primary N) is 1. The maximum atomic E-state index is 11.7. The molecule has 78 valence electrons. The van der Waals surface area contributed by atoms with Crippen molar-refractivity contribution in [3.63, 3.8) is 0 Å². The van der Waals surface area contributed by atoms with Crippen LogP contribution in [0, 0.1) is 0 Å². The minimum absolute atomic E-state index is 0.104. The summed E-state index contributed by atoms with van der Waals surface area (Å²) in [7, 11) is 0. The maximum Gasteiger partial charge on any atom is 0.390 e. The van der Waals surface area contributed by atoms with E-state index < -0.39 is 12.6 Å². The van der Waals surface area contributed by atoms with Gasteiger partial charge in [0.05, 0.1) is 6.42 Å². The van der Waals surface area contributed by atoms with Gasteiger partial charge in [-0.2, -0.15) is 13.2 Å². The number of hydrogen-bond acceptors (Lipinski definition) is 2. The average molecular weight is 196 g/mol. The molecule has 0 rings (SSSR count). The van der Waals surface area contributed by atoms with Crippen LogP contribution in [0.2, 0.25) is 0 Å². The van der Waals surface area contributed by atoms with Gasteiger partial charge in [0.1, 0.15) is 0 Å². The SMILES string of the molecule is C=C(CCCN)NCCC(F)(F)F. The Morgan fingerprint density at radius 2 is 2.00 bits per heavy atom. The molecule has 0 heterocycles. The highest BCUT2D eigenvalue weighted by Gasteiger charge is 2.25. The second-order valence-electron chi connectivity index (χ2n) is 2.79. The average Bonchev–Trinajstić information content (AvgIpc) is 1.98. The van der Waals surface area contributed by atoms with Crippen LogP contribution in [0.1, 0.15) is 19.3 Å². The van der Waals surface area contributed by atoms with E-state index in [1.54, 1.807) is 0 Å². The Morgan fingerprint density at radius 1 is 1.38 bits per heavy atom. The van der Waals surface area contributed by atoms with Gasteiger partial charge in [-0.1, -0.05) is 6.58 Å². The van der Waals surface area contributed by atoms with Crippen molar-refractivity contribution in [1.82, 2.24) is 5.32 Å². The lowest BCUT2D eigenvalue weighted by Gasteiger charge is -2.10. The van der Waals surface area contributed by atoms with Crippen molar-refractivity contribution in [3.8, 4) is 0 Å². The number of alkyl halides is 3. The van der Waals surface area contributed by atoms with E-state index in [1.807, 2.05) is 0 Å². The van der Waals surface area contributed by atoms with Crippen LogP contribution in [-0.2, 0) is 0 Å². The molecule has 0 aromatic heterocycles. The fourth-order valence-corrected chi connectivity index (χ4v) is 0.785. The smallest absolute Gasteiger partial charge is 0.388 e. The van der Waals surface area contributed by atoms with Crippen molar-refractivity contribution in [1.29, 1.82) is 0 Å². The van der Waals surface area contributed by atoms with Crippen molar-refractivity contribution in [2.45, 2.75) is 25.4 Å². The number of allylic oxidation sites excluding steroid dienone is 1. The second kappa shape index (κ2) is 5.85. The first-order valence-corrected chi connectivity index (χ1v) is 4.14. The number of rotatable bonds is 6. The molecule has 0 aromatic rings. The standard InChI is InChI=1S/C8H15F3N2/c1-7(3-2-5-12)13-6-4-8(9,10)11/h13H,1-6,12H2. The number of hydrogen-bond donors (Lipinski definition) is 2. The van der Waals surface area contributed by atoms with Crippen LogP contribution in [0.25, 0.3) is 0 Å². The molecule has 0 saturated carbocycles. The summed E-state index contributed by atoms with van der Waals surface area (Å²) >= 11 is 0. The molecule has 0 fully saturated rings. The molecule has 0 unspecified atom stereocenters. The first-order chi connectivity index (χ1) is 5.95. The first-order valence-electron chi connectivity index (χ1n) is 4.14. The fourth-order valence-electron chi connectivity index (χ4n) is 0.785. The van der Waals surface area contributed by atoms with Gasteiger partial charge in [-0.05, 0) is 19.4 Å². The molecular weight excluding hydrogens is 181 g/mol.